The normalized spacial score (nSPS) is 22.3. The van der Waals surface area contributed by atoms with E-state index >= 15 is 0 Å². The summed E-state index contributed by atoms with van der Waals surface area (Å²) in [6, 6.07) is 0. The van der Waals surface area contributed by atoms with Gasteiger partial charge in [0.15, 0.2) is 0 Å². The highest BCUT2D eigenvalue weighted by Gasteiger charge is 2.36. The van der Waals surface area contributed by atoms with E-state index in [1.54, 1.807) is 0 Å². The summed E-state index contributed by atoms with van der Waals surface area (Å²) < 4.78 is 26.3. The molecular weight excluding hydrogens is 977 g/mol. The minimum Gasteiger partial charge on any atom is -0.462 e. The molecule has 458 valence electrons. The van der Waals surface area contributed by atoms with Crippen LogP contribution >= 0.6 is 0 Å². The average molecular weight is 1100 g/mol. The zero-order valence-corrected chi connectivity index (χ0v) is 52.4. The van der Waals surface area contributed by atoms with Crippen LogP contribution in [-0.2, 0) is 47.7 Å². The highest BCUT2D eigenvalue weighted by molar-refractivity contribution is 5.73. The molecule has 5 aliphatic rings. The molecule has 5 atom stereocenters. The van der Waals surface area contributed by atoms with Crippen molar-refractivity contribution in [2.75, 3.05) is 0 Å². The van der Waals surface area contributed by atoms with E-state index in [0.717, 1.165) is 70.6 Å². The molecule has 10 heteroatoms. The van der Waals surface area contributed by atoms with Crippen LogP contribution in [0.25, 0.3) is 0 Å². The number of carbonyl (C=O) groups excluding carboxylic acids is 5. The molecule has 0 aromatic carbocycles. The summed E-state index contributed by atoms with van der Waals surface area (Å²) >= 11 is 0. The second-order valence-corrected chi connectivity index (χ2v) is 24.6. The Balaban J connectivity index is 0.000000488. The van der Waals surface area contributed by atoms with Gasteiger partial charge in [-0.15, -0.1) is 0 Å². The molecule has 5 heterocycles. The molecule has 78 heavy (non-hydrogen) atoms. The van der Waals surface area contributed by atoms with Gasteiger partial charge in [-0.05, 0) is 117 Å². The number of hydrogen-bond donors (Lipinski definition) is 0. The summed E-state index contributed by atoms with van der Waals surface area (Å²) in [5, 5.41) is 0. The van der Waals surface area contributed by atoms with Crippen molar-refractivity contribution in [2.45, 2.75) is 405 Å². The lowest BCUT2D eigenvalue weighted by Gasteiger charge is -2.22. The Kier molecular flexibility index (Phi) is 47.1. The Labute approximate surface area is 481 Å². The first-order chi connectivity index (χ1) is 37.8. The third-order valence-electron chi connectivity index (χ3n) is 16.6. The van der Waals surface area contributed by atoms with E-state index in [9.17, 15) is 24.0 Å². The Morgan fingerprint density at radius 3 is 0.821 bits per heavy atom. The molecule has 5 saturated heterocycles. The predicted octanol–water partition coefficient (Wildman–Crippen LogP) is 20.3. The van der Waals surface area contributed by atoms with Crippen molar-refractivity contribution in [1.29, 1.82) is 0 Å². The minimum absolute atomic E-state index is 0.000910. The van der Waals surface area contributed by atoms with E-state index in [0.29, 0.717) is 32.1 Å². The molecule has 0 aliphatic carbocycles. The molecule has 5 aliphatic heterocycles. The van der Waals surface area contributed by atoms with Gasteiger partial charge in [0.2, 0.25) is 0 Å². The van der Waals surface area contributed by atoms with E-state index < -0.39 is 0 Å². The molecule has 0 saturated carbocycles. The maximum atomic E-state index is 11.1. The van der Waals surface area contributed by atoms with E-state index in [4.69, 9.17) is 23.7 Å². The van der Waals surface area contributed by atoms with E-state index in [2.05, 4.69) is 48.5 Å². The first-order valence-electron chi connectivity index (χ1n) is 33.8. The van der Waals surface area contributed by atoms with E-state index in [1.165, 1.54) is 225 Å². The summed E-state index contributed by atoms with van der Waals surface area (Å²) in [5.41, 5.74) is -0.275. The van der Waals surface area contributed by atoms with Crippen LogP contribution in [-0.4, -0.2) is 59.4 Å². The van der Waals surface area contributed by atoms with Gasteiger partial charge in [0.05, 0.1) is 0 Å². The number of esters is 5. The largest absolute Gasteiger partial charge is 0.462 e. The van der Waals surface area contributed by atoms with Crippen molar-refractivity contribution >= 4 is 29.8 Å². The highest BCUT2D eigenvalue weighted by atomic mass is 16.6. The van der Waals surface area contributed by atoms with Crippen molar-refractivity contribution in [1.82, 2.24) is 0 Å². The van der Waals surface area contributed by atoms with Crippen LogP contribution in [0.2, 0.25) is 0 Å². The van der Waals surface area contributed by atoms with Gasteiger partial charge in [-0.2, -0.15) is 0 Å². The number of unbranched alkanes of at least 4 members (excludes halogenated alkanes) is 30. The van der Waals surface area contributed by atoms with E-state index in [-0.39, 0.29) is 59.4 Å². The van der Waals surface area contributed by atoms with Gasteiger partial charge in [0, 0.05) is 32.1 Å². The quantitative estimate of drug-likeness (QED) is 0.0332. The fraction of sp³-hybridized carbons (Fsp3) is 0.926. The van der Waals surface area contributed by atoms with Crippen LogP contribution in [0.4, 0.5) is 0 Å². The maximum Gasteiger partial charge on any atom is 0.306 e. The number of hydrogen-bond acceptors (Lipinski definition) is 10. The van der Waals surface area contributed by atoms with Crippen molar-refractivity contribution in [3.05, 3.63) is 0 Å². The monoisotopic (exact) mass is 1100 g/mol. The molecule has 0 N–H and O–H groups in total. The van der Waals surface area contributed by atoms with Gasteiger partial charge >= 0.3 is 29.8 Å². The molecule has 5 rings (SSSR count). The van der Waals surface area contributed by atoms with E-state index in [1.807, 2.05) is 0 Å². The molecule has 0 amide bonds. The molecule has 0 radical (unpaired) electrons. The Hall–Kier alpha value is -2.65. The summed E-state index contributed by atoms with van der Waals surface area (Å²) in [6.07, 6.45) is 61.6. The SMILES string of the molecule is CCCCCCCCC1(C)CCC(=O)O1.CCCCCCCCC1CCC(=O)O1.CCCCCCCCCC1(C)CCC(=O)O1.CCCCCCCCCC1CCCC(=O)O1.CCCCCCCCCCCC1CCC(=O)O1. The highest BCUT2D eigenvalue weighted by Crippen LogP contribution is 2.33. The maximum absolute atomic E-state index is 11.1. The Morgan fingerprint density at radius 1 is 0.308 bits per heavy atom. The van der Waals surface area contributed by atoms with Gasteiger partial charge in [-0.3, -0.25) is 24.0 Å². The molecule has 5 unspecified atom stereocenters. The molecule has 0 aromatic rings. The lowest BCUT2D eigenvalue weighted by Crippen LogP contribution is -2.23. The average Bonchev–Trinajstić information content (AvgIpc) is 4.22. The third kappa shape index (κ3) is 43.1. The Bertz CT molecular complexity index is 1460. The fourth-order valence-corrected chi connectivity index (χ4v) is 11.3. The first-order valence-corrected chi connectivity index (χ1v) is 33.8. The van der Waals surface area contributed by atoms with Gasteiger partial charge in [-0.25, -0.2) is 0 Å². The van der Waals surface area contributed by atoms with Gasteiger partial charge < -0.3 is 23.7 Å². The standard InChI is InChI=1S/C15H28O2.2C14H26O2.C13H24O2.C12H22O2/c1-2-3-4-5-6-7-8-9-10-11-14-12-13-15(16)17-14;1-3-4-5-6-7-8-9-11-14(2)12-10-13(15)16-14;1-2-3-4-5-6-7-8-10-13-11-9-12-14(15)16-13;1-3-4-5-6-7-8-10-13(2)11-9-12(14)15-13;1-2-3-4-5-6-7-8-11-9-10-12(13)14-11/h14H,2-13H2,1H3;3-12H2,1-2H3;13H,2-12H2,1H3;3-11H2,1-2H3;11H,2-10H2,1H3. The van der Waals surface area contributed by atoms with Gasteiger partial charge in [0.25, 0.3) is 0 Å². The number of rotatable bonds is 40. The van der Waals surface area contributed by atoms with Crippen LogP contribution in [0, 0.1) is 0 Å². The second kappa shape index (κ2) is 50.1. The number of carbonyl (C=O) groups is 5. The van der Waals surface area contributed by atoms with Crippen molar-refractivity contribution in [2.24, 2.45) is 0 Å². The Morgan fingerprint density at radius 2 is 0.564 bits per heavy atom. The van der Waals surface area contributed by atoms with Crippen LogP contribution < -0.4 is 0 Å². The minimum atomic E-state index is -0.138. The number of ether oxygens (including phenoxy) is 5. The molecule has 0 spiro atoms. The fourth-order valence-electron chi connectivity index (χ4n) is 11.3. The smallest absolute Gasteiger partial charge is 0.306 e. The van der Waals surface area contributed by atoms with Gasteiger partial charge in [0.1, 0.15) is 29.5 Å². The molecule has 5 fully saturated rings. The summed E-state index contributed by atoms with van der Waals surface area (Å²) in [6.45, 7) is 15.4. The zero-order chi connectivity index (χ0) is 57.2. The summed E-state index contributed by atoms with van der Waals surface area (Å²) in [4.78, 5) is 54.8. The molecule has 10 nitrogen and oxygen atoms in total. The molecular formula is C68H126O10. The second-order valence-electron chi connectivity index (χ2n) is 24.6. The van der Waals surface area contributed by atoms with Crippen LogP contribution in [0.15, 0.2) is 0 Å². The molecule has 0 bridgehead atoms. The lowest BCUT2D eigenvalue weighted by molar-refractivity contribution is -0.154. The van der Waals surface area contributed by atoms with Gasteiger partial charge in [-0.1, -0.05) is 227 Å². The zero-order valence-electron chi connectivity index (χ0n) is 52.4. The topological polar surface area (TPSA) is 132 Å². The van der Waals surface area contributed by atoms with Crippen LogP contribution in [0.3, 0.4) is 0 Å². The molecule has 0 aromatic heterocycles. The van der Waals surface area contributed by atoms with Crippen LogP contribution in [0.5, 0.6) is 0 Å². The first kappa shape index (κ1) is 73.4. The van der Waals surface area contributed by atoms with Crippen molar-refractivity contribution in [3.63, 3.8) is 0 Å². The third-order valence-corrected chi connectivity index (χ3v) is 16.6. The van der Waals surface area contributed by atoms with Crippen molar-refractivity contribution in [3.8, 4) is 0 Å². The summed E-state index contributed by atoms with van der Waals surface area (Å²) in [5.74, 6) is 0.0000294. The summed E-state index contributed by atoms with van der Waals surface area (Å²) in [7, 11) is 0. The lowest BCUT2D eigenvalue weighted by atomic mass is 9.95. The number of cyclic esters (lactones) is 5. The van der Waals surface area contributed by atoms with Crippen LogP contribution in [0.1, 0.15) is 376 Å². The van der Waals surface area contributed by atoms with Crippen molar-refractivity contribution < 1.29 is 47.7 Å². The predicted molar refractivity (Wildman–Crippen MR) is 322 cm³/mol.